The third-order valence-electron chi connectivity index (χ3n) is 7.57. The van der Waals surface area contributed by atoms with E-state index in [9.17, 15) is 14.0 Å². The summed E-state index contributed by atoms with van der Waals surface area (Å²) in [6, 6.07) is 16.5. The summed E-state index contributed by atoms with van der Waals surface area (Å²) in [7, 11) is 3.03. The van der Waals surface area contributed by atoms with Gasteiger partial charge in [-0.3, -0.25) is 9.59 Å². The van der Waals surface area contributed by atoms with Crippen LogP contribution in [0.25, 0.3) is 0 Å². The zero-order valence-electron chi connectivity index (χ0n) is 21.8. The van der Waals surface area contributed by atoms with Crippen molar-refractivity contribution in [2.24, 2.45) is 10.6 Å². The minimum Gasteiger partial charge on any atom is -0.495 e. The lowest BCUT2D eigenvalue weighted by Crippen LogP contribution is -2.33. The number of rotatable bonds is 5. The van der Waals surface area contributed by atoms with E-state index in [-0.39, 0.29) is 21.9 Å². The number of carbonyl (C=O) groups is 2. The highest BCUT2D eigenvalue weighted by atomic mass is 35.5. The predicted octanol–water partition coefficient (Wildman–Crippen LogP) is 6.51. The van der Waals surface area contributed by atoms with Crippen molar-refractivity contribution in [3.05, 3.63) is 88.2 Å². The second-order valence-electron chi connectivity index (χ2n) is 10.0. The van der Waals surface area contributed by atoms with Crippen LogP contribution < -0.4 is 15.0 Å². The largest absolute Gasteiger partial charge is 0.495 e. The number of fused-ring (bicyclic) bond motifs is 1. The number of oxime groups is 1. The Morgan fingerprint density at radius 2 is 1.87 bits per heavy atom. The molecule has 2 amide bonds. The molecular formula is C30H29ClFN3O4. The third-order valence-corrected chi connectivity index (χ3v) is 7.90. The molecule has 0 bridgehead atoms. The van der Waals surface area contributed by atoms with Crippen molar-refractivity contribution in [3.63, 3.8) is 0 Å². The fourth-order valence-corrected chi connectivity index (χ4v) is 5.83. The van der Waals surface area contributed by atoms with E-state index in [0.717, 1.165) is 55.1 Å². The summed E-state index contributed by atoms with van der Waals surface area (Å²) >= 11 is 6.09. The molecule has 202 valence electrons. The van der Waals surface area contributed by atoms with Gasteiger partial charge in [0.15, 0.2) is 0 Å². The van der Waals surface area contributed by atoms with Crippen LogP contribution in [0.3, 0.4) is 0 Å². The average molecular weight is 550 g/mol. The molecule has 5 rings (SSSR count). The maximum atomic E-state index is 13.9. The number of carbonyl (C=O) groups excluding carboxylic acids is 2. The molecule has 1 aliphatic carbocycles. The van der Waals surface area contributed by atoms with Crippen LogP contribution in [-0.4, -0.2) is 38.3 Å². The molecule has 1 N–H and O–H groups in total. The normalized spacial score (nSPS) is 19.5. The van der Waals surface area contributed by atoms with Crippen LogP contribution in [-0.2, 0) is 11.3 Å². The third kappa shape index (κ3) is 5.47. The van der Waals surface area contributed by atoms with Crippen molar-refractivity contribution < 1.29 is 23.6 Å². The molecule has 3 aromatic carbocycles. The zero-order valence-corrected chi connectivity index (χ0v) is 22.6. The molecule has 7 nitrogen and oxygen atoms in total. The van der Waals surface area contributed by atoms with Crippen LogP contribution >= 0.6 is 11.6 Å². The first-order valence-electron chi connectivity index (χ1n) is 12.8. The Bertz CT molecular complexity index is 1460. The van der Waals surface area contributed by atoms with Gasteiger partial charge in [0.1, 0.15) is 18.7 Å². The molecule has 1 saturated carbocycles. The first kappa shape index (κ1) is 26.7. The number of hydrogen-bond donors (Lipinski definition) is 1. The van der Waals surface area contributed by atoms with E-state index in [0.29, 0.717) is 23.5 Å². The van der Waals surface area contributed by atoms with Crippen molar-refractivity contribution in [1.29, 1.82) is 0 Å². The first-order valence-corrected chi connectivity index (χ1v) is 13.1. The molecule has 3 aromatic rings. The van der Waals surface area contributed by atoms with Gasteiger partial charge >= 0.3 is 0 Å². The predicted molar refractivity (Wildman–Crippen MR) is 150 cm³/mol. The van der Waals surface area contributed by atoms with E-state index in [1.807, 2.05) is 23.1 Å². The molecular weight excluding hydrogens is 521 g/mol. The summed E-state index contributed by atoms with van der Waals surface area (Å²) in [5.74, 6) is -1.02. The Balaban J connectivity index is 1.40. The molecule has 0 radical (unpaired) electrons. The molecule has 0 unspecified atom stereocenters. The maximum absolute atomic E-state index is 13.9. The van der Waals surface area contributed by atoms with Crippen LogP contribution in [0, 0.1) is 11.2 Å². The Morgan fingerprint density at radius 1 is 1.05 bits per heavy atom. The number of nitrogens with zero attached hydrogens (tertiary/aromatic N) is 2. The van der Waals surface area contributed by atoms with E-state index in [1.54, 1.807) is 25.3 Å². The summed E-state index contributed by atoms with van der Waals surface area (Å²) in [4.78, 5) is 33.5. The Labute approximate surface area is 231 Å². The molecule has 1 heterocycles. The van der Waals surface area contributed by atoms with Crippen molar-refractivity contribution in [2.75, 3.05) is 31.0 Å². The number of methoxy groups -OCH3 is 1. The van der Waals surface area contributed by atoms with E-state index in [4.69, 9.17) is 21.2 Å². The SMILES string of the molecule is CON=C1CC[C@@]2(CCN(C(=O)c3ccc(NC(=O)c4cc(F)ccc4Cl)c(OC)c3)c3ccccc3C2)C1. The number of benzene rings is 3. The first-order chi connectivity index (χ1) is 18.8. The smallest absolute Gasteiger partial charge is 0.258 e. The van der Waals surface area contributed by atoms with Crippen LogP contribution in [0.2, 0.25) is 5.02 Å². The highest BCUT2D eigenvalue weighted by Gasteiger charge is 2.41. The number of para-hydroxylation sites is 1. The van der Waals surface area contributed by atoms with Gasteiger partial charge in [0.05, 0.1) is 29.1 Å². The number of hydrogen-bond acceptors (Lipinski definition) is 5. The molecule has 1 atom stereocenters. The summed E-state index contributed by atoms with van der Waals surface area (Å²) in [6.07, 6.45) is 4.47. The van der Waals surface area contributed by atoms with Gasteiger partial charge in [-0.25, -0.2) is 4.39 Å². The van der Waals surface area contributed by atoms with Gasteiger partial charge in [-0.05, 0) is 85.5 Å². The van der Waals surface area contributed by atoms with Gasteiger partial charge in [0, 0.05) is 17.8 Å². The molecule has 2 aliphatic rings. The van der Waals surface area contributed by atoms with Gasteiger partial charge in [0.2, 0.25) is 0 Å². The van der Waals surface area contributed by atoms with Crippen molar-refractivity contribution >= 4 is 40.5 Å². The molecule has 39 heavy (non-hydrogen) atoms. The minimum atomic E-state index is -0.587. The van der Waals surface area contributed by atoms with Crippen molar-refractivity contribution in [2.45, 2.75) is 32.1 Å². The van der Waals surface area contributed by atoms with Crippen molar-refractivity contribution in [1.82, 2.24) is 0 Å². The van der Waals surface area contributed by atoms with E-state index in [2.05, 4.69) is 16.5 Å². The average Bonchev–Trinajstić information content (AvgIpc) is 3.25. The number of nitrogens with one attached hydrogen (secondary N) is 1. The number of anilines is 2. The van der Waals surface area contributed by atoms with E-state index >= 15 is 0 Å². The van der Waals surface area contributed by atoms with Gasteiger partial charge in [-0.2, -0.15) is 0 Å². The topological polar surface area (TPSA) is 80.2 Å². The van der Waals surface area contributed by atoms with Gasteiger partial charge in [0.25, 0.3) is 11.8 Å². The van der Waals surface area contributed by atoms with Crippen LogP contribution in [0.4, 0.5) is 15.8 Å². The summed E-state index contributed by atoms with van der Waals surface area (Å²) < 4.78 is 19.2. The summed E-state index contributed by atoms with van der Waals surface area (Å²) in [5, 5.41) is 7.03. The molecule has 0 saturated heterocycles. The number of halogens is 2. The zero-order chi connectivity index (χ0) is 27.6. The summed E-state index contributed by atoms with van der Waals surface area (Å²) in [5.41, 5.74) is 3.89. The monoisotopic (exact) mass is 549 g/mol. The lowest BCUT2D eigenvalue weighted by atomic mass is 9.78. The standard InChI is InChI=1S/C30H29ClFN3O4/c1-38-27-15-19(7-10-25(27)33-28(36)23-16-21(32)8-9-24(23)31)29(37)35-14-13-30(12-11-22(18-30)34-39-2)17-20-5-3-4-6-26(20)35/h3-10,15-16H,11-14,17-18H2,1-2H3,(H,33,36)/t30-/m0/s1. The summed E-state index contributed by atoms with van der Waals surface area (Å²) in [6.45, 7) is 0.564. The van der Waals surface area contributed by atoms with Gasteiger partial charge in [-0.15, -0.1) is 0 Å². The fourth-order valence-electron chi connectivity index (χ4n) is 5.63. The molecule has 1 spiro atoms. The Hall–Kier alpha value is -3.91. The molecule has 9 heteroatoms. The maximum Gasteiger partial charge on any atom is 0.258 e. The number of amides is 2. The molecule has 1 aliphatic heterocycles. The fraction of sp³-hybridized carbons (Fsp3) is 0.300. The molecule has 1 fully saturated rings. The van der Waals surface area contributed by atoms with Gasteiger partial charge in [-0.1, -0.05) is 35.0 Å². The van der Waals surface area contributed by atoms with E-state index in [1.165, 1.54) is 19.2 Å². The van der Waals surface area contributed by atoms with Crippen molar-refractivity contribution in [3.8, 4) is 5.75 Å². The lowest BCUT2D eigenvalue weighted by Gasteiger charge is -2.27. The number of ether oxygens (including phenoxy) is 1. The second-order valence-corrected chi connectivity index (χ2v) is 10.4. The molecule has 0 aromatic heterocycles. The van der Waals surface area contributed by atoms with Gasteiger partial charge < -0.3 is 19.8 Å². The minimum absolute atomic E-state index is 0.000380. The lowest BCUT2D eigenvalue weighted by molar-refractivity contribution is 0.0983. The van der Waals surface area contributed by atoms with Crippen LogP contribution in [0.5, 0.6) is 5.75 Å². The Kier molecular flexibility index (Phi) is 7.57. The van der Waals surface area contributed by atoms with Crippen LogP contribution in [0.15, 0.2) is 65.8 Å². The highest BCUT2D eigenvalue weighted by molar-refractivity contribution is 6.34. The highest BCUT2D eigenvalue weighted by Crippen LogP contribution is 2.46. The second kappa shape index (κ2) is 11.1. The van der Waals surface area contributed by atoms with Crippen LogP contribution in [0.1, 0.15) is 52.0 Å². The quantitative estimate of drug-likeness (QED) is 0.368. The van der Waals surface area contributed by atoms with E-state index < -0.39 is 11.7 Å². The Morgan fingerprint density at radius 3 is 2.67 bits per heavy atom.